The van der Waals surface area contributed by atoms with Crippen molar-refractivity contribution in [2.75, 3.05) is 25.0 Å². The van der Waals surface area contributed by atoms with Crippen molar-refractivity contribution in [3.63, 3.8) is 0 Å². The minimum absolute atomic E-state index is 0. The third kappa shape index (κ3) is 4.67. The van der Waals surface area contributed by atoms with E-state index < -0.39 is 5.60 Å². The molecule has 0 aliphatic carbocycles. The third-order valence-corrected chi connectivity index (χ3v) is 5.06. The van der Waals surface area contributed by atoms with Gasteiger partial charge in [0, 0.05) is 42.9 Å². The van der Waals surface area contributed by atoms with E-state index in [4.69, 9.17) is 0 Å². The number of anilines is 2. The number of nitrogens with one attached hydrogen (secondary N) is 1. The molecule has 1 fully saturated rings. The van der Waals surface area contributed by atoms with Gasteiger partial charge in [-0.1, -0.05) is 18.2 Å². The lowest BCUT2D eigenvalue weighted by molar-refractivity contribution is 0.0436. The van der Waals surface area contributed by atoms with Crippen molar-refractivity contribution in [2.24, 2.45) is 0 Å². The quantitative estimate of drug-likeness (QED) is 0.657. The van der Waals surface area contributed by atoms with Crippen LogP contribution in [0.2, 0.25) is 0 Å². The molecule has 1 aromatic heterocycles. The van der Waals surface area contributed by atoms with Gasteiger partial charge in [-0.15, -0.1) is 24.8 Å². The van der Waals surface area contributed by atoms with Gasteiger partial charge in [0.15, 0.2) is 0 Å². The van der Waals surface area contributed by atoms with E-state index in [1.165, 1.54) is 0 Å². The third-order valence-electron chi connectivity index (χ3n) is 5.06. The summed E-state index contributed by atoms with van der Waals surface area (Å²) < 4.78 is 2.04. The maximum Gasteiger partial charge on any atom is 0.139 e. The van der Waals surface area contributed by atoms with E-state index in [0.29, 0.717) is 13.1 Å². The Labute approximate surface area is 178 Å². The first kappa shape index (κ1) is 22.2. The monoisotopic (exact) mass is 420 g/mol. The largest absolute Gasteiger partial charge is 0.387 e. The summed E-state index contributed by atoms with van der Waals surface area (Å²) >= 11 is 0. The van der Waals surface area contributed by atoms with Gasteiger partial charge >= 0.3 is 0 Å². The molecule has 0 radical (unpaired) electrons. The van der Waals surface area contributed by atoms with Crippen LogP contribution in [0.25, 0.3) is 11.4 Å². The van der Waals surface area contributed by atoms with Crippen LogP contribution in [-0.2, 0) is 6.54 Å². The lowest BCUT2D eigenvalue weighted by Gasteiger charge is -2.23. The van der Waals surface area contributed by atoms with Gasteiger partial charge in [-0.3, -0.25) is 0 Å². The first-order chi connectivity index (χ1) is 12.6. The maximum absolute atomic E-state index is 10.7. The predicted molar refractivity (Wildman–Crippen MR) is 119 cm³/mol. The Morgan fingerprint density at radius 1 is 1.07 bits per heavy atom. The van der Waals surface area contributed by atoms with Crippen molar-refractivity contribution in [3.05, 3.63) is 67.0 Å². The van der Waals surface area contributed by atoms with Gasteiger partial charge in [-0.25, -0.2) is 4.98 Å². The number of aliphatic hydroxyl groups is 1. The molecular formula is C21H26Cl2N4O. The van der Waals surface area contributed by atoms with Crippen LogP contribution in [-0.4, -0.2) is 40.4 Å². The summed E-state index contributed by atoms with van der Waals surface area (Å²) in [6, 6.07) is 18.7. The van der Waals surface area contributed by atoms with Gasteiger partial charge in [0.05, 0.1) is 12.1 Å². The van der Waals surface area contributed by atoms with Crippen LogP contribution in [0, 0.1) is 0 Å². The zero-order chi connectivity index (χ0) is 18.0. The van der Waals surface area contributed by atoms with E-state index in [1.807, 2.05) is 29.0 Å². The summed E-state index contributed by atoms with van der Waals surface area (Å²) in [7, 11) is 2.06. The Hall–Kier alpha value is -2.05. The predicted octanol–water partition coefficient (Wildman–Crippen LogP) is 3.89. The van der Waals surface area contributed by atoms with Crippen LogP contribution < -0.4 is 10.2 Å². The highest BCUT2D eigenvalue weighted by atomic mass is 35.5. The van der Waals surface area contributed by atoms with Crippen molar-refractivity contribution in [1.29, 1.82) is 0 Å². The molecule has 0 spiro atoms. The Balaban J connectivity index is 0.00000140. The van der Waals surface area contributed by atoms with Crippen LogP contribution in [0.1, 0.15) is 6.42 Å². The number of hydrogen-bond acceptors (Lipinski definition) is 4. The maximum atomic E-state index is 10.7. The van der Waals surface area contributed by atoms with Crippen LogP contribution in [0.15, 0.2) is 67.0 Å². The average molecular weight is 421 g/mol. The number of imidazole rings is 1. The molecule has 28 heavy (non-hydrogen) atoms. The first-order valence-corrected chi connectivity index (χ1v) is 8.98. The van der Waals surface area contributed by atoms with E-state index >= 15 is 0 Å². The molecule has 0 saturated carbocycles. The van der Waals surface area contributed by atoms with E-state index in [0.717, 1.165) is 35.7 Å². The minimum atomic E-state index is -0.692. The smallest absolute Gasteiger partial charge is 0.139 e. The topological polar surface area (TPSA) is 53.3 Å². The molecule has 0 bridgehead atoms. The van der Waals surface area contributed by atoms with Gasteiger partial charge in [-0.2, -0.15) is 0 Å². The van der Waals surface area contributed by atoms with Gasteiger partial charge in [0.1, 0.15) is 5.82 Å². The second-order valence-corrected chi connectivity index (χ2v) is 6.97. The summed E-state index contributed by atoms with van der Waals surface area (Å²) in [5, 5.41) is 13.9. The summed E-state index contributed by atoms with van der Waals surface area (Å²) in [5.41, 5.74) is 2.63. The van der Waals surface area contributed by atoms with Crippen molar-refractivity contribution in [1.82, 2.24) is 14.9 Å². The Morgan fingerprint density at radius 3 is 2.39 bits per heavy atom. The zero-order valence-corrected chi connectivity index (χ0v) is 17.4. The van der Waals surface area contributed by atoms with E-state index in [-0.39, 0.29) is 24.8 Å². The molecule has 1 unspecified atom stereocenters. The number of aromatic nitrogens is 2. The molecule has 2 N–H and O–H groups in total. The van der Waals surface area contributed by atoms with Crippen LogP contribution in [0.4, 0.5) is 11.4 Å². The van der Waals surface area contributed by atoms with E-state index in [9.17, 15) is 5.11 Å². The lowest BCUT2D eigenvalue weighted by Crippen LogP contribution is -2.36. The number of halogens is 2. The molecule has 0 amide bonds. The Kier molecular flexibility index (Phi) is 7.49. The van der Waals surface area contributed by atoms with Crippen LogP contribution in [0.3, 0.4) is 0 Å². The number of β-amino-alcohol motifs (C(OH)–C–C–N with tert-alkyl or cyclic N) is 1. The molecule has 2 aromatic carbocycles. The average Bonchev–Trinajstić information content (AvgIpc) is 3.31. The fourth-order valence-electron chi connectivity index (χ4n) is 3.51. The van der Waals surface area contributed by atoms with Crippen molar-refractivity contribution in [3.8, 4) is 11.4 Å². The van der Waals surface area contributed by atoms with Gasteiger partial charge < -0.3 is 19.9 Å². The fraction of sp³-hybridized carbons (Fsp3) is 0.286. The molecule has 1 saturated heterocycles. The molecule has 2 heterocycles. The Morgan fingerprint density at radius 2 is 1.75 bits per heavy atom. The molecule has 4 rings (SSSR count). The molecule has 3 aromatic rings. The number of benzene rings is 2. The van der Waals surface area contributed by atoms with E-state index in [2.05, 4.69) is 58.6 Å². The first-order valence-electron chi connectivity index (χ1n) is 8.98. The van der Waals surface area contributed by atoms with Crippen LogP contribution in [0.5, 0.6) is 0 Å². The summed E-state index contributed by atoms with van der Waals surface area (Å²) in [4.78, 5) is 6.67. The highest BCUT2D eigenvalue weighted by Crippen LogP contribution is 2.27. The molecule has 150 valence electrons. The van der Waals surface area contributed by atoms with Crippen LogP contribution >= 0.6 is 24.8 Å². The second-order valence-electron chi connectivity index (χ2n) is 6.97. The summed E-state index contributed by atoms with van der Waals surface area (Å²) in [5.74, 6) is 0.888. The van der Waals surface area contributed by atoms with E-state index in [1.54, 1.807) is 6.20 Å². The van der Waals surface area contributed by atoms with Crippen molar-refractivity contribution in [2.45, 2.75) is 18.6 Å². The number of hydrogen-bond donors (Lipinski definition) is 2. The second kappa shape index (κ2) is 9.43. The lowest BCUT2D eigenvalue weighted by atomic mass is 10.0. The highest BCUT2D eigenvalue weighted by molar-refractivity contribution is 5.85. The van der Waals surface area contributed by atoms with Gasteiger partial charge in [-0.05, 0) is 49.4 Å². The zero-order valence-electron chi connectivity index (χ0n) is 15.8. The fourth-order valence-corrected chi connectivity index (χ4v) is 3.51. The molecular weight excluding hydrogens is 395 g/mol. The molecule has 1 aliphatic heterocycles. The highest BCUT2D eigenvalue weighted by Gasteiger charge is 2.32. The molecule has 7 heteroatoms. The van der Waals surface area contributed by atoms with Crippen molar-refractivity contribution < 1.29 is 5.11 Å². The SMILES string of the molecule is CN(c1ccccc1)c1ccc(-c2nccn2CC2(O)CCNC2)cc1.Cl.Cl. The minimum Gasteiger partial charge on any atom is -0.387 e. The molecule has 5 nitrogen and oxygen atoms in total. The van der Waals surface area contributed by atoms with Crippen molar-refractivity contribution >= 4 is 36.2 Å². The number of nitrogens with zero attached hydrogens (tertiary/aromatic N) is 3. The molecule has 1 aliphatic rings. The Bertz CT molecular complexity index is 862. The normalized spacial score (nSPS) is 18.2. The number of rotatable bonds is 5. The standard InChI is InChI=1S/C21H24N4O.2ClH/c1-24(18-5-3-2-4-6-18)19-9-7-17(8-10-19)20-23-13-14-25(20)16-21(26)11-12-22-15-21;;/h2-10,13-14,22,26H,11-12,15-16H2,1H3;2*1H. The van der Waals surface area contributed by atoms with Gasteiger partial charge in [0.25, 0.3) is 0 Å². The summed E-state index contributed by atoms with van der Waals surface area (Å²) in [6.45, 7) is 2.05. The summed E-state index contributed by atoms with van der Waals surface area (Å²) in [6.07, 6.45) is 4.51. The molecule has 1 atom stereocenters. The number of para-hydroxylation sites is 1. The van der Waals surface area contributed by atoms with Gasteiger partial charge in [0.2, 0.25) is 0 Å².